The van der Waals surface area contributed by atoms with Gasteiger partial charge in [0.2, 0.25) is 11.8 Å². The van der Waals surface area contributed by atoms with Crippen LogP contribution in [0.25, 0.3) is 10.9 Å². The zero-order valence-electron chi connectivity index (χ0n) is 18.2. The minimum absolute atomic E-state index is 0.121. The molecule has 1 aromatic heterocycles. The number of H-pyrrole nitrogens is 1. The van der Waals surface area contributed by atoms with Gasteiger partial charge in [-0.25, -0.2) is 4.79 Å². The first kappa shape index (κ1) is 24.7. The standard InChI is InChI=1S/C22H32N4O4S/c1-13(2)10-19(21(28)25-18(22(29)30)8-9-31-3)26-20(27)16(23)11-14-12-24-17-7-5-4-6-15(14)17/h4-7,12-13,16,18-19,24H,8-11,23H2,1-3H3,(H,25,28)(H,26,27)(H,29,30)/t16-,18-,19-/m0/s1. The van der Waals surface area contributed by atoms with E-state index in [1.807, 2.05) is 50.6 Å². The lowest BCUT2D eigenvalue weighted by atomic mass is 10.0. The van der Waals surface area contributed by atoms with E-state index in [1.165, 1.54) is 11.8 Å². The Bertz CT molecular complexity index is 899. The van der Waals surface area contributed by atoms with Gasteiger partial charge in [-0.2, -0.15) is 11.8 Å². The molecule has 3 atom stereocenters. The van der Waals surface area contributed by atoms with Crippen molar-refractivity contribution in [2.24, 2.45) is 11.7 Å². The summed E-state index contributed by atoms with van der Waals surface area (Å²) < 4.78 is 0. The number of rotatable bonds is 12. The number of nitrogens with two attached hydrogens (primary N) is 1. The van der Waals surface area contributed by atoms with E-state index in [4.69, 9.17) is 5.73 Å². The van der Waals surface area contributed by atoms with Crippen LogP contribution in [-0.2, 0) is 20.8 Å². The zero-order valence-corrected chi connectivity index (χ0v) is 19.0. The molecule has 0 aliphatic rings. The fourth-order valence-corrected chi connectivity index (χ4v) is 3.85. The third kappa shape index (κ3) is 7.29. The molecular formula is C22H32N4O4S. The molecule has 1 heterocycles. The van der Waals surface area contributed by atoms with Crippen LogP contribution in [-0.4, -0.2) is 58.0 Å². The zero-order chi connectivity index (χ0) is 23.0. The summed E-state index contributed by atoms with van der Waals surface area (Å²) in [6, 6.07) is 5.07. The molecule has 0 unspecified atom stereocenters. The molecule has 9 heteroatoms. The first-order valence-electron chi connectivity index (χ1n) is 10.4. The maximum Gasteiger partial charge on any atom is 0.326 e. The number of carboxylic acid groups (broad SMARTS) is 1. The Hall–Kier alpha value is -2.52. The average molecular weight is 449 g/mol. The van der Waals surface area contributed by atoms with Crippen LogP contribution in [0.1, 0.15) is 32.3 Å². The third-order valence-electron chi connectivity index (χ3n) is 5.02. The number of nitrogens with one attached hydrogen (secondary N) is 3. The van der Waals surface area contributed by atoms with Gasteiger partial charge in [-0.3, -0.25) is 9.59 Å². The maximum absolute atomic E-state index is 12.8. The van der Waals surface area contributed by atoms with Crippen molar-refractivity contribution in [2.75, 3.05) is 12.0 Å². The summed E-state index contributed by atoms with van der Waals surface area (Å²) >= 11 is 1.51. The van der Waals surface area contributed by atoms with Crippen molar-refractivity contribution in [1.82, 2.24) is 15.6 Å². The van der Waals surface area contributed by atoms with Crippen LogP contribution in [0.5, 0.6) is 0 Å². The summed E-state index contributed by atoms with van der Waals surface area (Å²) in [5, 5.41) is 15.7. The van der Waals surface area contributed by atoms with Crippen LogP contribution in [0.4, 0.5) is 0 Å². The first-order valence-corrected chi connectivity index (χ1v) is 11.7. The number of para-hydroxylation sites is 1. The van der Waals surface area contributed by atoms with Crippen molar-refractivity contribution >= 4 is 40.4 Å². The molecule has 0 aliphatic carbocycles. The summed E-state index contributed by atoms with van der Waals surface area (Å²) in [5.74, 6) is -1.31. The molecule has 6 N–H and O–H groups in total. The van der Waals surface area contributed by atoms with E-state index in [2.05, 4.69) is 15.6 Å². The minimum atomic E-state index is -1.09. The summed E-state index contributed by atoms with van der Waals surface area (Å²) in [6.07, 6.45) is 4.71. The van der Waals surface area contributed by atoms with E-state index in [-0.39, 0.29) is 5.92 Å². The number of thioether (sulfide) groups is 1. The maximum atomic E-state index is 12.8. The van der Waals surface area contributed by atoms with Crippen LogP contribution in [0.15, 0.2) is 30.5 Å². The summed E-state index contributed by atoms with van der Waals surface area (Å²) in [7, 11) is 0. The van der Waals surface area contributed by atoms with Gasteiger partial charge in [0.05, 0.1) is 6.04 Å². The molecule has 0 saturated carbocycles. The van der Waals surface area contributed by atoms with Gasteiger partial charge in [0, 0.05) is 17.1 Å². The quantitative estimate of drug-likeness (QED) is 0.336. The first-order chi connectivity index (χ1) is 14.7. The molecule has 0 radical (unpaired) electrons. The molecule has 0 aliphatic heterocycles. The highest BCUT2D eigenvalue weighted by Gasteiger charge is 2.28. The molecule has 8 nitrogen and oxygen atoms in total. The molecule has 170 valence electrons. The van der Waals surface area contributed by atoms with E-state index >= 15 is 0 Å². The van der Waals surface area contributed by atoms with Crippen LogP contribution >= 0.6 is 11.8 Å². The van der Waals surface area contributed by atoms with E-state index in [0.717, 1.165) is 16.5 Å². The van der Waals surface area contributed by atoms with E-state index < -0.39 is 35.9 Å². The van der Waals surface area contributed by atoms with Gasteiger partial charge in [-0.1, -0.05) is 32.0 Å². The second kappa shape index (κ2) is 11.8. The highest BCUT2D eigenvalue weighted by Crippen LogP contribution is 2.19. The lowest BCUT2D eigenvalue weighted by molar-refractivity contribution is -0.142. The minimum Gasteiger partial charge on any atom is -0.480 e. The largest absolute Gasteiger partial charge is 0.480 e. The molecule has 31 heavy (non-hydrogen) atoms. The monoisotopic (exact) mass is 448 g/mol. The molecule has 2 aromatic rings. The fraction of sp³-hybridized carbons (Fsp3) is 0.500. The lowest BCUT2D eigenvalue weighted by Crippen LogP contribution is -2.55. The Balaban J connectivity index is 2.05. The average Bonchev–Trinajstić information content (AvgIpc) is 3.12. The van der Waals surface area contributed by atoms with Crippen molar-refractivity contribution in [3.8, 4) is 0 Å². The molecule has 1 aromatic carbocycles. The number of carboxylic acids is 1. The van der Waals surface area contributed by atoms with E-state index in [0.29, 0.717) is 25.0 Å². The van der Waals surface area contributed by atoms with Gasteiger partial charge >= 0.3 is 5.97 Å². The SMILES string of the molecule is CSCC[C@H](NC(=O)[C@H](CC(C)C)NC(=O)[C@@H](N)Cc1c[nH]c2ccccc12)C(=O)O. The molecular weight excluding hydrogens is 416 g/mol. The van der Waals surface area contributed by atoms with Crippen LogP contribution in [0.2, 0.25) is 0 Å². The Morgan fingerprint density at radius 1 is 1.13 bits per heavy atom. The van der Waals surface area contributed by atoms with Crippen molar-refractivity contribution in [3.63, 3.8) is 0 Å². The summed E-state index contributed by atoms with van der Waals surface area (Å²) in [4.78, 5) is 40.1. The summed E-state index contributed by atoms with van der Waals surface area (Å²) in [5.41, 5.74) is 8.03. The van der Waals surface area contributed by atoms with Crippen molar-refractivity contribution < 1.29 is 19.5 Å². The smallest absolute Gasteiger partial charge is 0.326 e. The van der Waals surface area contributed by atoms with Gasteiger partial charge in [-0.15, -0.1) is 0 Å². The number of aromatic nitrogens is 1. The number of amides is 2. The van der Waals surface area contributed by atoms with Crippen LogP contribution < -0.4 is 16.4 Å². The van der Waals surface area contributed by atoms with Crippen LogP contribution in [0.3, 0.4) is 0 Å². The van der Waals surface area contributed by atoms with Gasteiger partial charge < -0.3 is 26.5 Å². The highest BCUT2D eigenvalue weighted by atomic mass is 32.2. The number of fused-ring (bicyclic) bond motifs is 1. The Kier molecular flexibility index (Phi) is 9.39. The number of hydrogen-bond acceptors (Lipinski definition) is 5. The van der Waals surface area contributed by atoms with E-state index in [1.54, 1.807) is 0 Å². The number of carbonyl (C=O) groups excluding carboxylic acids is 2. The van der Waals surface area contributed by atoms with Crippen molar-refractivity contribution in [2.45, 2.75) is 51.2 Å². The topological polar surface area (TPSA) is 137 Å². The molecule has 0 fully saturated rings. The predicted octanol–water partition coefficient (Wildman–Crippen LogP) is 1.89. The molecule has 2 amide bonds. The Labute approximate surface area is 186 Å². The van der Waals surface area contributed by atoms with E-state index in [9.17, 15) is 19.5 Å². The Morgan fingerprint density at radius 3 is 2.45 bits per heavy atom. The highest BCUT2D eigenvalue weighted by molar-refractivity contribution is 7.98. The number of aromatic amines is 1. The third-order valence-corrected chi connectivity index (χ3v) is 5.66. The van der Waals surface area contributed by atoms with Crippen molar-refractivity contribution in [3.05, 3.63) is 36.0 Å². The van der Waals surface area contributed by atoms with Crippen molar-refractivity contribution in [1.29, 1.82) is 0 Å². The fourth-order valence-electron chi connectivity index (χ4n) is 3.38. The van der Waals surface area contributed by atoms with Gasteiger partial charge in [0.25, 0.3) is 0 Å². The lowest BCUT2D eigenvalue weighted by Gasteiger charge is -2.24. The number of carbonyl (C=O) groups is 3. The van der Waals surface area contributed by atoms with Crippen LogP contribution in [0, 0.1) is 5.92 Å². The normalized spacial score (nSPS) is 14.2. The second-order valence-electron chi connectivity index (χ2n) is 8.04. The van der Waals surface area contributed by atoms with Gasteiger partial charge in [0.1, 0.15) is 12.1 Å². The van der Waals surface area contributed by atoms with Gasteiger partial charge in [0.15, 0.2) is 0 Å². The predicted molar refractivity (Wildman–Crippen MR) is 124 cm³/mol. The summed E-state index contributed by atoms with van der Waals surface area (Å²) in [6.45, 7) is 3.86. The number of aliphatic carboxylic acids is 1. The molecule has 0 bridgehead atoms. The number of hydrogen-bond donors (Lipinski definition) is 5. The molecule has 0 saturated heterocycles. The Morgan fingerprint density at radius 2 is 1.81 bits per heavy atom. The second-order valence-corrected chi connectivity index (χ2v) is 9.03. The number of benzene rings is 1. The van der Waals surface area contributed by atoms with Gasteiger partial charge in [-0.05, 0) is 48.8 Å². The molecule has 0 spiro atoms. The molecule has 2 rings (SSSR count).